The first-order chi connectivity index (χ1) is 17.5. The Bertz CT molecular complexity index is 1530. The molecule has 0 atom stereocenters. The summed E-state index contributed by atoms with van der Waals surface area (Å²) in [6.45, 7) is 0.426. The van der Waals surface area contributed by atoms with Gasteiger partial charge in [-0.25, -0.2) is 9.18 Å². The number of carbonyl (C=O) groups is 2. The second-order valence-corrected chi connectivity index (χ2v) is 8.61. The minimum Gasteiger partial charge on any atom is -0.351 e. The molecule has 1 aliphatic heterocycles. The molecular weight excluding hydrogens is 463 g/mol. The molecule has 0 spiro atoms. The standard InChI is InChI=1S/C25H21FN8O2/c26-17-7-5-14(6-8-17)19-4-2-1-3-15(19)12-27-23-31-21-16(11-20-22(35)32-25(36)30-20)13-28-34(21)24(33-23)29-18-9-10-18/h1-8,11,13,18H,9-10,12H2,(H2,27,29,31,33)(H2,30,32,35,36)/b20-11-. The maximum absolute atomic E-state index is 13.4. The maximum Gasteiger partial charge on any atom is 0.326 e. The number of rotatable bonds is 7. The van der Waals surface area contributed by atoms with Gasteiger partial charge >= 0.3 is 6.03 Å². The average Bonchev–Trinajstić information content (AvgIpc) is 3.51. The van der Waals surface area contributed by atoms with Crippen molar-refractivity contribution in [1.82, 2.24) is 30.2 Å². The van der Waals surface area contributed by atoms with Crippen LogP contribution in [0.15, 0.2) is 60.4 Å². The minimum absolute atomic E-state index is 0.118. The number of aromatic nitrogens is 4. The van der Waals surface area contributed by atoms with Crippen molar-refractivity contribution in [3.05, 3.63) is 77.4 Å². The molecule has 4 aromatic rings. The number of nitrogens with zero attached hydrogens (tertiary/aromatic N) is 4. The van der Waals surface area contributed by atoms with Crippen LogP contribution >= 0.6 is 0 Å². The summed E-state index contributed by atoms with van der Waals surface area (Å²) in [5.74, 6) is 0.106. The van der Waals surface area contributed by atoms with Crippen molar-refractivity contribution in [3.63, 3.8) is 0 Å². The van der Waals surface area contributed by atoms with Crippen molar-refractivity contribution in [2.75, 3.05) is 10.6 Å². The van der Waals surface area contributed by atoms with Crippen molar-refractivity contribution < 1.29 is 14.0 Å². The fraction of sp³-hybridized carbons (Fsp3) is 0.160. The van der Waals surface area contributed by atoms with E-state index in [4.69, 9.17) is 0 Å². The van der Waals surface area contributed by atoms with Crippen molar-refractivity contribution in [2.24, 2.45) is 0 Å². The molecule has 3 amide bonds. The van der Waals surface area contributed by atoms with Gasteiger partial charge in [0.2, 0.25) is 11.9 Å². The molecule has 0 radical (unpaired) electrons. The zero-order valence-electron chi connectivity index (χ0n) is 19.0. The van der Waals surface area contributed by atoms with E-state index in [2.05, 4.69) is 36.3 Å². The monoisotopic (exact) mass is 484 g/mol. The number of fused-ring (bicyclic) bond motifs is 1. The number of amides is 3. The van der Waals surface area contributed by atoms with E-state index in [9.17, 15) is 14.0 Å². The number of hydrogen-bond acceptors (Lipinski definition) is 7. The summed E-state index contributed by atoms with van der Waals surface area (Å²) in [4.78, 5) is 32.8. The summed E-state index contributed by atoms with van der Waals surface area (Å²) in [5.41, 5.74) is 4.02. The van der Waals surface area contributed by atoms with Gasteiger partial charge in [0.1, 0.15) is 11.5 Å². The molecule has 11 heteroatoms. The predicted octanol–water partition coefficient (Wildman–Crippen LogP) is 3.30. The van der Waals surface area contributed by atoms with E-state index in [1.165, 1.54) is 18.2 Å². The van der Waals surface area contributed by atoms with Gasteiger partial charge in [-0.15, -0.1) is 0 Å². The van der Waals surface area contributed by atoms with Crippen LogP contribution in [0.4, 0.5) is 21.1 Å². The molecule has 0 unspecified atom stereocenters. The Morgan fingerprint density at radius 2 is 1.86 bits per heavy atom. The Labute approximate surface area is 204 Å². The number of imide groups is 1. The van der Waals surface area contributed by atoms with Gasteiger partial charge in [0.25, 0.3) is 5.91 Å². The second-order valence-electron chi connectivity index (χ2n) is 8.61. The molecule has 3 heterocycles. The summed E-state index contributed by atoms with van der Waals surface area (Å²) in [5, 5.41) is 15.7. The molecule has 2 aromatic heterocycles. The molecule has 2 aliphatic rings. The molecule has 1 aliphatic carbocycles. The van der Waals surface area contributed by atoms with Crippen LogP contribution in [-0.4, -0.2) is 37.6 Å². The number of carbonyl (C=O) groups excluding carboxylic acids is 2. The van der Waals surface area contributed by atoms with Crippen LogP contribution in [0.3, 0.4) is 0 Å². The van der Waals surface area contributed by atoms with Gasteiger partial charge in [-0.2, -0.15) is 19.6 Å². The van der Waals surface area contributed by atoms with Crippen molar-refractivity contribution >= 4 is 35.6 Å². The smallest absolute Gasteiger partial charge is 0.326 e. The second kappa shape index (κ2) is 8.77. The fourth-order valence-electron chi connectivity index (χ4n) is 3.98. The van der Waals surface area contributed by atoms with E-state index >= 15 is 0 Å². The highest BCUT2D eigenvalue weighted by molar-refractivity contribution is 6.14. The normalized spacial score (nSPS) is 16.3. The van der Waals surface area contributed by atoms with Gasteiger partial charge in [-0.3, -0.25) is 10.1 Å². The van der Waals surface area contributed by atoms with Crippen molar-refractivity contribution in [1.29, 1.82) is 0 Å². The predicted molar refractivity (Wildman–Crippen MR) is 131 cm³/mol. The lowest BCUT2D eigenvalue weighted by Crippen LogP contribution is -2.22. The van der Waals surface area contributed by atoms with Gasteiger partial charge in [0.05, 0.1) is 6.20 Å². The number of hydrogen-bond donors (Lipinski definition) is 4. The van der Waals surface area contributed by atoms with Gasteiger partial charge in [-0.1, -0.05) is 36.4 Å². The fourth-order valence-corrected chi connectivity index (χ4v) is 3.98. The molecule has 1 saturated heterocycles. The summed E-state index contributed by atoms with van der Waals surface area (Å²) in [6, 6.07) is 14.0. The van der Waals surface area contributed by atoms with Crippen LogP contribution in [-0.2, 0) is 11.3 Å². The summed E-state index contributed by atoms with van der Waals surface area (Å²) in [6.07, 6.45) is 5.19. The van der Waals surface area contributed by atoms with Crippen molar-refractivity contribution in [2.45, 2.75) is 25.4 Å². The lowest BCUT2D eigenvalue weighted by atomic mass is 10.00. The Kier molecular flexibility index (Phi) is 5.29. The number of benzene rings is 2. The molecule has 10 nitrogen and oxygen atoms in total. The van der Waals surface area contributed by atoms with Gasteiger partial charge in [-0.05, 0) is 47.7 Å². The van der Waals surface area contributed by atoms with Gasteiger partial charge in [0.15, 0.2) is 5.65 Å². The zero-order chi connectivity index (χ0) is 24.6. The topological polar surface area (TPSA) is 125 Å². The first-order valence-corrected chi connectivity index (χ1v) is 11.5. The third-order valence-corrected chi connectivity index (χ3v) is 5.94. The van der Waals surface area contributed by atoms with E-state index in [-0.39, 0.29) is 11.5 Å². The third kappa shape index (κ3) is 4.33. The van der Waals surface area contributed by atoms with Crippen molar-refractivity contribution in [3.8, 4) is 11.1 Å². The lowest BCUT2D eigenvalue weighted by Gasteiger charge is -2.13. The van der Waals surface area contributed by atoms with E-state index < -0.39 is 11.9 Å². The summed E-state index contributed by atoms with van der Waals surface area (Å²) in [7, 11) is 0. The molecule has 1 saturated carbocycles. The van der Waals surface area contributed by atoms with Crippen LogP contribution in [0.2, 0.25) is 0 Å². The van der Waals surface area contributed by atoms with Crippen LogP contribution in [0, 0.1) is 5.82 Å². The molecule has 4 N–H and O–H groups in total. The Hall–Kier alpha value is -4.80. The molecule has 180 valence electrons. The molecule has 36 heavy (non-hydrogen) atoms. The Balaban J connectivity index is 1.33. The Morgan fingerprint density at radius 1 is 1.06 bits per heavy atom. The number of urea groups is 1. The highest BCUT2D eigenvalue weighted by Crippen LogP contribution is 2.27. The largest absolute Gasteiger partial charge is 0.351 e. The van der Waals surface area contributed by atoms with E-state index in [0.29, 0.717) is 35.7 Å². The quantitative estimate of drug-likeness (QED) is 0.234. The summed E-state index contributed by atoms with van der Waals surface area (Å²) < 4.78 is 15.0. The van der Waals surface area contributed by atoms with E-state index in [1.807, 2.05) is 24.3 Å². The lowest BCUT2D eigenvalue weighted by molar-refractivity contribution is -0.115. The first-order valence-electron chi connectivity index (χ1n) is 11.5. The highest BCUT2D eigenvalue weighted by atomic mass is 19.1. The summed E-state index contributed by atoms with van der Waals surface area (Å²) >= 11 is 0. The highest BCUT2D eigenvalue weighted by Gasteiger charge is 2.26. The average molecular weight is 484 g/mol. The minimum atomic E-state index is -0.574. The molecule has 6 rings (SSSR count). The maximum atomic E-state index is 13.4. The molecule has 2 fully saturated rings. The van der Waals surface area contributed by atoms with Crippen LogP contribution in [0.1, 0.15) is 24.0 Å². The first kappa shape index (κ1) is 21.7. The van der Waals surface area contributed by atoms with Crippen LogP contribution < -0.4 is 21.3 Å². The molecule has 2 aromatic carbocycles. The van der Waals surface area contributed by atoms with E-state index in [1.54, 1.807) is 22.8 Å². The number of nitrogens with one attached hydrogen (secondary N) is 4. The Morgan fingerprint density at radius 3 is 2.61 bits per heavy atom. The van der Waals surface area contributed by atoms with Crippen LogP contribution in [0.25, 0.3) is 22.9 Å². The SMILES string of the molecule is O=C1NC(=O)/C(=C/c2cnn3c(NC4CC4)nc(NCc4ccccc4-c4ccc(F)cc4)nc23)N1. The molecular formula is C25H21FN8O2. The third-order valence-electron chi connectivity index (χ3n) is 5.94. The van der Waals surface area contributed by atoms with Gasteiger partial charge < -0.3 is 16.0 Å². The number of halogens is 1. The van der Waals surface area contributed by atoms with Gasteiger partial charge in [0, 0.05) is 18.2 Å². The zero-order valence-corrected chi connectivity index (χ0v) is 19.0. The molecule has 0 bridgehead atoms. The van der Waals surface area contributed by atoms with Crippen LogP contribution in [0.5, 0.6) is 0 Å². The van der Waals surface area contributed by atoms with E-state index in [0.717, 1.165) is 29.5 Å². The number of anilines is 2.